The fraction of sp³-hybridized carbons (Fsp3) is 0.333. The minimum absolute atomic E-state index is 0.281. The van der Waals surface area contributed by atoms with Crippen LogP contribution < -0.4 is 14.9 Å². The van der Waals surface area contributed by atoms with Crippen LogP contribution >= 0.6 is 0 Å². The maximum atomic E-state index is 12.8. The quantitative estimate of drug-likeness (QED) is 0.552. The van der Waals surface area contributed by atoms with Crippen molar-refractivity contribution in [1.29, 1.82) is 0 Å². The van der Waals surface area contributed by atoms with E-state index in [0.29, 0.717) is 11.6 Å². The summed E-state index contributed by atoms with van der Waals surface area (Å²) in [5.74, 6) is 1.48. The zero-order valence-electron chi connectivity index (χ0n) is 18.7. The molecule has 3 aromatic rings. The van der Waals surface area contributed by atoms with Gasteiger partial charge in [-0.2, -0.15) is 4.98 Å². The number of nitrogens with one attached hydrogen (secondary N) is 2. The molecule has 1 aromatic heterocycles. The Morgan fingerprint density at radius 3 is 2.22 bits per heavy atom. The number of hydrogen-bond acceptors (Lipinski definition) is 6. The van der Waals surface area contributed by atoms with Crippen LogP contribution in [0.15, 0.2) is 53.4 Å². The van der Waals surface area contributed by atoms with Crippen LogP contribution in [0.2, 0.25) is 0 Å². The number of benzene rings is 2. The third-order valence-corrected chi connectivity index (χ3v) is 7.08. The van der Waals surface area contributed by atoms with Crippen molar-refractivity contribution < 1.29 is 8.42 Å². The van der Waals surface area contributed by atoms with Crippen LogP contribution in [0.5, 0.6) is 0 Å². The van der Waals surface area contributed by atoms with Crippen LogP contribution in [0.25, 0.3) is 0 Å². The van der Waals surface area contributed by atoms with Crippen molar-refractivity contribution in [3.63, 3.8) is 0 Å². The molecule has 0 bridgehead atoms. The van der Waals surface area contributed by atoms with E-state index in [0.717, 1.165) is 41.4 Å². The molecule has 2 heterocycles. The zero-order chi connectivity index (χ0) is 22.7. The molecule has 0 radical (unpaired) electrons. The zero-order valence-corrected chi connectivity index (χ0v) is 19.5. The molecule has 0 saturated carbocycles. The predicted molar refractivity (Wildman–Crippen MR) is 129 cm³/mol. The summed E-state index contributed by atoms with van der Waals surface area (Å²) in [6.45, 7) is 7.74. The van der Waals surface area contributed by atoms with Crippen molar-refractivity contribution >= 4 is 33.2 Å². The van der Waals surface area contributed by atoms with Gasteiger partial charge in [0, 0.05) is 36.2 Å². The average Bonchev–Trinajstić information content (AvgIpc) is 2.75. The molecule has 4 rings (SSSR count). The highest BCUT2D eigenvalue weighted by Gasteiger charge is 2.17. The first-order chi connectivity index (χ1) is 15.3. The van der Waals surface area contributed by atoms with Gasteiger partial charge in [-0.15, -0.1) is 0 Å². The fourth-order valence-corrected chi connectivity index (χ4v) is 5.24. The summed E-state index contributed by atoms with van der Waals surface area (Å²) in [7, 11) is -3.66. The van der Waals surface area contributed by atoms with Crippen molar-refractivity contribution in [3.8, 4) is 0 Å². The Bertz CT molecular complexity index is 1200. The maximum absolute atomic E-state index is 12.8. The smallest absolute Gasteiger partial charge is 0.262 e. The Morgan fingerprint density at radius 2 is 1.53 bits per heavy atom. The van der Waals surface area contributed by atoms with E-state index < -0.39 is 10.0 Å². The molecular weight excluding hydrogens is 422 g/mol. The van der Waals surface area contributed by atoms with Crippen LogP contribution in [0.4, 0.5) is 23.1 Å². The molecule has 8 heteroatoms. The number of piperidine rings is 1. The van der Waals surface area contributed by atoms with Crippen LogP contribution in [-0.2, 0) is 10.0 Å². The van der Waals surface area contributed by atoms with Crippen molar-refractivity contribution in [1.82, 2.24) is 9.97 Å². The topological polar surface area (TPSA) is 87.2 Å². The second-order valence-corrected chi connectivity index (χ2v) is 9.97. The van der Waals surface area contributed by atoms with Crippen LogP contribution in [0, 0.1) is 20.8 Å². The molecular formula is C24H29N5O2S. The summed E-state index contributed by atoms with van der Waals surface area (Å²) in [5, 5.41) is 3.24. The van der Waals surface area contributed by atoms with Crippen LogP contribution in [0.3, 0.4) is 0 Å². The summed E-state index contributed by atoms with van der Waals surface area (Å²) >= 11 is 0. The van der Waals surface area contributed by atoms with Crippen molar-refractivity contribution in [2.45, 2.75) is 44.9 Å². The molecule has 1 saturated heterocycles. The van der Waals surface area contributed by atoms with E-state index in [1.807, 2.05) is 38.1 Å². The highest BCUT2D eigenvalue weighted by Crippen LogP contribution is 2.24. The minimum Gasteiger partial charge on any atom is -0.356 e. The molecule has 0 amide bonds. The summed E-state index contributed by atoms with van der Waals surface area (Å²) in [6.07, 6.45) is 3.64. The monoisotopic (exact) mass is 451 g/mol. The first-order valence-corrected chi connectivity index (χ1v) is 12.4. The summed E-state index contributed by atoms with van der Waals surface area (Å²) in [6, 6.07) is 14.4. The molecule has 7 nitrogen and oxygen atoms in total. The molecule has 168 valence electrons. The van der Waals surface area contributed by atoms with Crippen LogP contribution in [-0.4, -0.2) is 31.5 Å². The van der Waals surface area contributed by atoms with Gasteiger partial charge in [-0.1, -0.05) is 17.7 Å². The number of hydrogen-bond donors (Lipinski definition) is 2. The maximum Gasteiger partial charge on any atom is 0.262 e. The van der Waals surface area contributed by atoms with E-state index in [4.69, 9.17) is 0 Å². The number of nitrogens with zero attached hydrogens (tertiary/aromatic N) is 3. The average molecular weight is 452 g/mol. The van der Waals surface area contributed by atoms with E-state index in [1.165, 1.54) is 19.3 Å². The lowest BCUT2D eigenvalue weighted by Gasteiger charge is -2.28. The number of rotatable bonds is 6. The Labute approximate surface area is 190 Å². The predicted octanol–water partition coefficient (Wildman–Crippen LogP) is 4.94. The van der Waals surface area contributed by atoms with Gasteiger partial charge in [-0.05, 0) is 75.9 Å². The Kier molecular flexibility index (Phi) is 6.32. The summed E-state index contributed by atoms with van der Waals surface area (Å²) in [4.78, 5) is 11.8. The Hall–Kier alpha value is -3.13. The number of anilines is 4. The molecule has 1 aliphatic rings. The third-order valence-electron chi connectivity index (χ3n) is 5.53. The van der Waals surface area contributed by atoms with E-state index >= 15 is 0 Å². The number of aryl methyl sites for hydroxylation is 3. The molecule has 2 N–H and O–H groups in total. The van der Waals surface area contributed by atoms with Gasteiger partial charge < -0.3 is 10.2 Å². The molecule has 0 unspecified atom stereocenters. The fourth-order valence-electron chi connectivity index (χ4n) is 3.95. The van der Waals surface area contributed by atoms with E-state index in [9.17, 15) is 8.42 Å². The lowest BCUT2D eigenvalue weighted by molar-refractivity contribution is 0.573. The van der Waals surface area contributed by atoms with E-state index in [2.05, 4.69) is 24.9 Å². The molecule has 1 aliphatic heterocycles. The summed E-state index contributed by atoms with van der Waals surface area (Å²) in [5.41, 5.74) is 3.93. The van der Waals surface area contributed by atoms with Gasteiger partial charge in [0.25, 0.3) is 10.0 Å². The standard InChI is InChI=1S/C24H29N5O2S/c1-17-7-12-22(18(2)15-17)32(30,31)28-21-10-8-20(9-11-21)26-24-25-19(3)16-23(27-24)29-13-5-4-6-14-29/h7-12,15-16,28H,4-6,13-14H2,1-3H3,(H,25,26,27). The third kappa shape index (κ3) is 5.19. The van der Waals surface area contributed by atoms with Gasteiger partial charge >= 0.3 is 0 Å². The molecule has 2 aromatic carbocycles. The summed E-state index contributed by atoms with van der Waals surface area (Å²) < 4.78 is 28.2. The highest BCUT2D eigenvalue weighted by atomic mass is 32.2. The molecule has 0 spiro atoms. The second kappa shape index (κ2) is 9.16. The van der Waals surface area contributed by atoms with Gasteiger partial charge in [0.2, 0.25) is 5.95 Å². The largest absolute Gasteiger partial charge is 0.356 e. The van der Waals surface area contributed by atoms with E-state index in [1.54, 1.807) is 31.2 Å². The van der Waals surface area contributed by atoms with Gasteiger partial charge in [0.05, 0.1) is 4.90 Å². The van der Waals surface area contributed by atoms with E-state index in [-0.39, 0.29) is 4.90 Å². The van der Waals surface area contributed by atoms with Crippen molar-refractivity contribution in [2.75, 3.05) is 28.0 Å². The molecule has 0 atom stereocenters. The number of sulfonamides is 1. The lowest BCUT2D eigenvalue weighted by atomic mass is 10.1. The van der Waals surface area contributed by atoms with Crippen LogP contribution in [0.1, 0.15) is 36.1 Å². The molecule has 0 aliphatic carbocycles. The van der Waals surface area contributed by atoms with Gasteiger partial charge in [0.1, 0.15) is 5.82 Å². The van der Waals surface area contributed by atoms with Gasteiger partial charge in [-0.3, -0.25) is 4.72 Å². The number of aromatic nitrogens is 2. The first-order valence-electron chi connectivity index (χ1n) is 10.9. The normalized spacial score (nSPS) is 14.3. The second-order valence-electron chi connectivity index (χ2n) is 8.32. The lowest BCUT2D eigenvalue weighted by Crippen LogP contribution is -2.30. The van der Waals surface area contributed by atoms with Crippen molar-refractivity contribution in [3.05, 3.63) is 65.4 Å². The molecule has 32 heavy (non-hydrogen) atoms. The van der Waals surface area contributed by atoms with Gasteiger partial charge in [-0.25, -0.2) is 13.4 Å². The SMILES string of the molecule is Cc1ccc(S(=O)(=O)Nc2ccc(Nc3nc(C)cc(N4CCCCC4)n3)cc2)c(C)c1. The highest BCUT2D eigenvalue weighted by molar-refractivity contribution is 7.92. The molecule has 1 fully saturated rings. The Balaban J connectivity index is 1.48. The first kappa shape index (κ1) is 22.1. The Morgan fingerprint density at radius 1 is 0.844 bits per heavy atom. The van der Waals surface area contributed by atoms with Gasteiger partial charge in [0.15, 0.2) is 0 Å². The minimum atomic E-state index is -3.66. The van der Waals surface area contributed by atoms with Crippen molar-refractivity contribution in [2.24, 2.45) is 0 Å².